The number of nitrogens with one attached hydrogen (secondary N) is 2. The van der Waals surface area contributed by atoms with Crippen LogP contribution in [0.5, 0.6) is 0 Å². The number of aryl methyl sites for hydroxylation is 1. The summed E-state index contributed by atoms with van der Waals surface area (Å²) in [6, 6.07) is 5.47. The van der Waals surface area contributed by atoms with E-state index in [-0.39, 0.29) is 24.4 Å². The molecule has 0 aliphatic carbocycles. The van der Waals surface area contributed by atoms with Crippen LogP contribution in [-0.2, 0) is 16.4 Å². The average molecular weight is 374 g/mol. The first-order chi connectivity index (χ1) is 10.9. The number of hydrogen-bond acceptors (Lipinski definition) is 4. The van der Waals surface area contributed by atoms with Crippen LogP contribution in [-0.4, -0.2) is 46.3 Å². The molecule has 0 radical (unpaired) electrons. The smallest absolute Gasteiger partial charge is 0.251 e. The molecule has 24 heavy (non-hydrogen) atoms. The van der Waals surface area contributed by atoms with Crippen molar-refractivity contribution < 1.29 is 13.2 Å². The Morgan fingerprint density at radius 1 is 1.33 bits per heavy atom. The number of halogens is 1. The molecule has 1 atom stereocenters. The lowest BCUT2D eigenvalue weighted by atomic mass is 10.00. The van der Waals surface area contributed by atoms with Crippen molar-refractivity contribution in [1.29, 1.82) is 0 Å². The zero-order valence-corrected chi connectivity index (χ0v) is 15.4. The van der Waals surface area contributed by atoms with Crippen LogP contribution in [0.15, 0.2) is 18.2 Å². The van der Waals surface area contributed by atoms with Crippen molar-refractivity contribution in [2.75, 3.05) is 30.2 Å². The van der Waals surface area contributed by atoms with Gasteiger partial charge in [-0.15, -0.1) is 12.4 Å². The lowest BCUT2D eigenvalue weighted by Gasteiger charge is -2.29. The molecule has 0 spiro atoms. The van der Waals surface area contributed by atoms with Gasteiger partial charge >= 0.3 is 0 Å². The quantitative estimate of drug-likeness (QED) is 0.837. The summed E-state index contributed by atoms with van der Waals surface area (Å²) < 4.78 is 25.2. The summed E-state index contributed by atoms with van der Waals surface area (Å²) in [7, 11) is -3.27. The zero-order chi connectivity index (χ0) is 16.4. The Kier molecular flexibility index (Phi) is 6.11. The van der Waals surface area contributed by atoms with Crippen LogP contribution in [0.1, 0.15) is 35.2 Å². The Bertz CT molecular complexity index is 703. The maximum atomic E-state index is 12.4. The molecular weight excluding hydrogens is 350 g/mol. The Balaban J connectivity index is 0.00000208. The zero-order valence-electron chi connectivity index (χ0n) is 13.7. The van der Waals surface area contributed by atoms with E-state index in [1.807, 2.05) is 6.07 Å². The molecule has 0 bridgehead atoms. The van der Waals surface area contributed by atoms with Crippen molar-refractivity contribution in [2.45, 2.75) is 31.7 Å². The van der Waals surface area contributed by atoms with Crippen LogP contribution >= 0.6 is 12.4 Å². The summed E-state index contributed by atoms with van der Waals surface area (Å²) in [5.41, 5.74) is 2.23. The van der Waals surface area contributed by atoms with Gasteiger partial charge in [0.2, 0.25) is 10.0 Å². The number of carbonyl (C=O) groups excluding carboxylic acids is 1. The second-order valence-corrected chi connectivity index (χ2v) is 8.21. The number of nitrogens with zero attached hydrogens (tertiary/aromatic N) is 1. The molecule has 6 nitrogen and oxygen atoms in total. The van der Waals surface area contributed by atoms with Crippen molar-refractivity contribution in [3.8, 4) is 0 Å². The standard InChI is InChI=1S/C16H23N3O3S.ClH/c1-23(21,22)19-9-3-4-12-10-13(6-7-15(12)19)16(20)18-14-5-2-8-17-11-14;/h6-7,10,14,17H,2-5,8-9,11H2,1H3,(H,18,20);1H. The van der Waals surface area contributed by atoms with Gasteiger partial charge in [-0.05, 0) is 56.0 Å². The van der Waals surface area contributed by atoms with Crippen LogP contribution in [0.4, 0.5) is 5.69 Å². The number of amides is 1. The molecule has 8 heteroatoms. The normalized spacial score (nSPS) is 20.7. The van der Waals surface area contributed by atoms with E-state index >= 15 is 0 Å². The minimum Gasteiger partial charge on any atom is -0.348 e. The van der Waals surface area contributed by atoms with Gasteiger partial charge in [0.15, 0.2) is 0 Å². The molecule has 0 aromatic heterocycles. The molecule has 2 N–H and O–H groups in total. The largest absolute Gasteiger partial charge is 0.348 e. The fourth-order valence-corrected chi connectivity index (χ4v) is 4.29. The van der Waals surface area contributed by atoms with Gasteiger partial charge in [-0.3, -0.25) is 9.10 Å². The third kappa shape index (κ3) is 4.20. The summed E-state index contributed by atoms with van der Waals surface area (Å²) >= 11 is 0. The molecule has 2 aliphatic heterocycles. The predicted octanol–water partition coefficient (Wildman–Crippen LogP) is 1.30. The summed E-state index contributed by atoms with van der Waals surface area (Å²) in [5, 5.41) is 6.33. The van der Waals surface area contributed by atoms with Gasteiger partial charge in [0.05, 0.1) is 11.9 Å². The monoisotopic (exact) mass is 373 g/mol. The Morgan fingerprint density at radius 3 is 2.79 bits per heavy atom. The molecule has 1 amide bonds. The number of fused-ring (bicyclic) bond motifs is 1. The maximum absolute atomic E-state index is 12.4. The number of sulfonamides is 1. The highest BCUT2D eigenvalue weighted by atomic mass is 35.5. The van der Waals surface area contributed by atoms with Crippen LogP contribution in [0.25, 0.3) is 0 Å². The summed E-state index contributed by atoms with van der Waals surface area (Å²) in [5.74, 6) is -0.0852. The number of carbonyl (C=O) groups is 1. The summed E-state index contributed by atoms with van der Waals surface area (Å²) in [6.07, 6.45) is 4.86. The van der Waals surface area contributed by atoms with Gasteiger partial charge in [0.25, 0.3) is 5.91 Å². The van der Waals surface area contributed by atoms with Crippen molar-refractivity contribution in [2.24, 2.45) is 0 Å². The third-order valence-corrected chi connectivity index (χ3v) is 5.63. The van der Waals surface area contributed by atoms with Gasteiger partial charge in [0.1, 0.15) is 0 Å². The molecule has 1 aromatic rings. The van der Waals surface area contributed by atoms with Crippen LogP contribution in [0.3, 0.4) is 0 Å². The maximum Gasteiger partial charge on any atom is 0.251 e. The Labute approximate surface area is 149 Å². The van der Waals surface area contributed by atoms with E-state index in [2.05, 4.69) is 10.6 Å². The van der Waals surface area contributed by atoms with E-state index in [9.17, 15) is 13.2 Å². The van der Waals surface area contributed by atoms with E-state index in [1.54, 1.807) is 12.1 Å². The van der Waals surface area contributed by atoms with Gasteiger partial charge in [-0.1, -0.05) is 0 Å². The number of rotatable bonds is 3. The van der Waals surface area contributed by atoms with Gasteiger partial charge in [0, 0.05) is 24.7 Å². The van der Waals surface area contributed by atoms with Crippen molar-refractivity contribution in [3.63, 3.8) is 0 Å². The molecule has 1 saturated heterocycles. The van der Waals surface area contributed by atoms with Crippen LogP contribution in [0.2, 0.25) is 0 Å². The van der Waals surface area contributed by atoms with Gasteiger partial charge < -0.3 is 10.6 Å². The lowest BCUT2D eigenvalue weighted by Crippen LogP contribution is -2.45. The molecule has 1 aromatic carbocycles. The highest BCUT2D eigenvalue weighted by Crippen LogP contribution is 2.29. The first kappa shape index (κ1) is 19.0. The van der Waals surface area contributed by atoms with E-state index in [0.29, 0.717) is 17.8 Å². The second-order valence-electron chi connectivity index (χ2n) is 6.30. The van der Waals surface area contributed by atoms with E-state index in [4.69, 9.17) is 0 Å². The molecule has 3 rings (SSSR count). The fourth-order valence-electron chi connectivity index (χ4n) is 3.29. The van der Waals surface area contributed by atoms with E-state index in [1.165, 1.54) is 10.6 Å². The van der Waals surface area contributed by atoms with Gasteiger partial charge in [-0.2, -0.15) is 0 Å². The molecule has 0 saturated carbocycles. The topological polar surface area (TPSA) is 78.5 Å². The van der Waals surface area contributed by atoms with Crippen molar-refractivity contribution >= 4 is 34.0 Å². The summed E-state index contributed by atoms with van der Waals surface area (Å²) in [4.78, 5) is 12.4. The first-order valence-corrected chi connectivity index (χ1v) is 9.92. The van der Waals surface area contributed by atoms with Crippen LogP contribution in [0, 0.1) is 0 Å². The van der Waals surface area contributed by atoms with Crippen molar-refractivity contribution in [1.82, 2.24) is 10.6 Å². The molecule has 1 fully saturated rings. The predicted molar refractivity (Wildman–Crippen MR) is 97.6 cm³/mol. The minimum absolute atomic E-state index is 0. The molecule has 134 valence electrons. The second kappa shape index (κ2) is 7.72. The lowest BCUT2D eigenvalue weighted by molar-refractivity contribution is 0.0930. The molecule has 2 heterocycles. The summed E-state index contributed by atoms with van der Waals surface area (Å²) in [6.45, 7) is 2.32. The van der Waals surface area contributed by atoms with E-state index in [0.717, 1.165) is 44.3 Å². The van der Waals surface area contributed by atoms with Crippen LogP contribution < -0.4 is 14.9 Å². The Hall–Kier alpha value is -1.31. The number of hydrogen-bond donors (Lipinski definition) is 2. The number of piperidine rings is 1. The highest BCUT2D eigenvalue weighted by molar-refractivity contribution is 7.92. The molecule has 1 unspecified atom stereocenters. The number of benzene rings is 1. The van der Waals surface area contributed by atoms with E-state index < -0.39 is 10.0 Å². The SMILES string of the molecule is CS(=O)(=O)N1CCCc2cc(C(=O)NC3CCCNC3)ccc21.Cl. The first-order valence-electron chi connectivity index (χ1n) is 8.07. The fraction of sp³-hybridized carbons (Fsp3) is 0.562. The van der Waals surface area contributed by atoms with Gasteiger partial charge in [-0.25, -0.2) is 8.42 Å². The highest BCUT2D eigenvalue weighted by Gasteiger charge is 2.25. The molecular formula is C16H24ClN3O3S. The third-order valence-electron chi connectivity index (χ3n) is 4.45. The number of anilines is 1. The molecule has 2 aliphatic rings. The van der Waals surface area contributed by atoms with Crippen molar-refractivity contribution in [3.05, 3.63) is 29.3 Å². The minimum atomic E-state index is -3.27. The Morgan fingerprint density at radius 2 is 2.12 bits per heavy atom. The average Bonchev–Trinajstić information content (AvgIpc) is 2.53.